The summed E-state index contributed by atoms with van der Waals surface area (Å²) in [5.41, 5.74) is 1.25. The normalized spacial score (nSPS) is 17.5. The first-order valence-electron chi connectivity index (χ1n) is 6.25. The Labute approximate surface area is 122 Å². The molecule has 0 spiro atoms. The molecule has 0 aromatic heterocycles. The molecule has 0 saturated heterocycles. The molecular formula is C13H16N2O5S. The van der Waals surface area contributed by atoms with Gasteiger partial charge in [-0.3, -0.25) is 9.59 Å². The molecule has 2 rings (SSSR count). The molecule has 1 unspecified atom stereocenters. The maximum Gasteiger partial charge on any atom is 0.321 e. The summed E-state index contributed by atoms with van der Waals surface area (Å²) in [7, 11) is -1.32. The van der Waals surface area contributed by atoms with Gasteiger partial charge in [0.1, 0.15) is 6.54 Å². The summed E-state index contributed by atoms with van der Waals surface area (Å²) in [6.45, 7) is 1.33. The summed E-state index contributed by atoms with van der Waals surface area (Å²) in [5.74, 6) is -1.21. The third-order valence-electron chi connectivity index (χ3n) is 3.43. The van der Waals surface area contributed by atoms with Crippen LogP contribution in [0.25, 0.3) is 0 Å². The fourth-order valence-corrected chi connectivity index (χ4v) is 3.22. The van der Waals surface area contributed by atoms with Crippen molar-refractivity contribution in [1.82, 2.24) is 4.31 Å². The molecule has 1 heterocycles. The number of likely N-dealkylation sites (N-methyl/N-ethyl adjacent to an activating group) is 1. The van der Waals surface area contributed by atoms with E-state index in [4.69, 9.17) is 0 Å². The highest BCUT2D eigenvalue weighted by Gasteiger charge is 2.30. The maximum absolute atomic E-state index is 12.4. The number of benzene rings is 1. The molecule has 1 aliphatic heterocycles. The number of fused-ring (bicyclic) bond motifs is 1. The summed E-state index contributed by atoms with van der Waals surface area (Å²) in [6.07, 6.45) is 0. The van der Waals surface area contributed by atoms with E-state index in [0.29, 0.717) is 11.3 Å². The van der Waals surface area contributed by atoms with Crippen LogP contribution in [0.4, 0.5) is 5.69 Å². The number of ether oxygens (including phenoxy) is 1. The predicted octanol–water partition coefficient (Wildman–Crippen LogP) is 0.536. The van der Waals surface area contributed by atoms with E-state index in [1.54, 1.807) is 13.0 Å². The van der Waals surface area contributed by atoms with Crippen molar-refractivity contribution in [3.05, 3.63) is 23.8 Å². The lowest BCUT2D eigenvalue weighted by Crippen LogP contribution is -2.32. The van der Waals surface area contributed by atoms with E-state index in [-0.39, 0.29) is 17.3 Å². The fourth-order valence-electron chi connectivity index (χ4n) is 2.07. The van der Waals surface area contributed by atoms with Gasteiger partial charge in [0.15, 0.2) is 0 Å². The van der Waals surface area contributed by atoms with Gasteiger partial charge in [0.2, 0.25) is 15.9 Å². The zero-order valence-electron chi connectivity index (χ0n) is 11.9. The standard InChI is InChI=1S/C13H16N2O5S/c1-8-10-6-9(4-5-11(10)14-13(8)17)21(18,19)15(2)7-12(16)20-3/h4-6,8H,7H2,1-3H3,(H,14,17). The molecule has 7 nitrogen and oxygen atoms in total. The number of hydrogen-bond acceptors (Lipinski definition) is 5. The van der Waals surface area contributed by atoms with E-state index < -0.39 is 21.9 Å². The van der Waals surface area contributed by atoms with Crippen molar-refractivity contribution in [2.75, 3.05) is 26.0 Å². The van der Waals surface area contributed by atoms with Gasteiger partial charge in [-0.2, -0.15) is 4.31 Å². The Kier molecular flexibility index (Phi) is 4.02. The molecule has 8 heteroatoms. The number of esters is 1. The summed E-state index contributed by atoms with van der Waals surface area (Å²) >= 11 is 0. The van der Waals surface area contributed by atoms with Crippen LogP contribution in [0.5, 0.6) is 0 Å². The van der Waals surface area contributed by atoms with Crippen molar-refractivity contribution in [1.29, 1.82) is 0 Å². The lowest BCUT2D eigenvalue weighted by Gasteiger charge is -2.16. The number of anilines is 1. The van der Waals surface area contributed by atoms with E-state index in [0.717, 1.165) is 4.31 Å². The quantitative estimate of drug-likeness (QED) is 0.819. The number of nitrogens with one attached hydrogen (secondary N) is 1. The number of nitrogens with zero attached hydrogens (tertiary/aromatic N) is 1. The van der Waals surface area contributed by atoms with Crippen molar-refractivity contribution in [2.45, 2.75) is 17.7 Å². The second kappa shape index (κ2) is 5.45. The van der Waals surface area contributed by atoms with Gasteiger partial charge in [0, 0.05) is 12.7 Å². The molecule has 114 valence electrons. The molecule has 1 aromatic carbocycles. The van der Waals surface area contributed by atoms with Crippen LogP contribution in [0.15, 0.2) is 23.1 Å². The van der Waals surface area contributed by atoms with Gasteiger partial charge in [-0.05, 0) is 30.7 Å². The summed E-state index contributed by atoms with van der Waals surface area (Å²) in [4.78, 5) is 22.8. The highest BCUT2D eigenvalue weighted by atomic mass is 32.2. The topological polar surface area (TPSA) is 92.8 Å². The van der Waals surface area contributed by atoms with E-state index in [1.807, 2.05) is 0 Å². The minimum Gasteiger partial charge on any atom is -0.468 e. The number of methoxy groups -OCH3 is 1. The SMILES string of the molecule is COC(=O)CN(C)S(=O)(=O)c1ccc2c(c1)C(C)C(=O)N2. The molecule has 1 atom stereocenters. The van der Waals surface area contributed by atoms with Crippen LogP contribution >= 0.6 is 0 Å². The van der Waals surface area contributed by atoms with Crippen LogP contribution < -0.4 is 5.32 Å². The molecule has 1 aromatic rings. The first-order valence-corrected chi connectivity index (χ1v) is 7.69. The second-order valence-electron chi connectivity index (χ2n) is 4.80. The van der Waals surface area contributed by atoms with E-state index >= 15 is 0 Å². The Morgan fingerprint density at radius 1 is 1.43 bits per heavy atom. The predicted molar refractivity (Wildman–Crippen MR) is 75.3 cm³/mol. The molecule has 0 radical (unpaired) electrons. The average molecular weight is 312 g/mol. The minimum absolute atomic E-state index is 0.0380. The van der Waals surface area contributed by atoms with Crippen LogP contribution in [0.1, 0.15) is 18.4 Å². The first kappa shape index (κ1) is 15.5. The Bertz CT molecular complexity index is 699. The molecule has 0 saturated carbocycles. The number of hydrogen-bond donors (Lipinski definition) is 1. The molecule has 0 fully saturated rings. The fraction of sp³-hybridized carbons (Fsp3) is 0.385. The summed E-state index contributed by atoms with van der Waals surface area (Å²) in [6, 6.07) is 4.41. The maximum atomic E-state index is 12.4. The second-order valence-corrected chi connectivity index (χ2v) is 6.84. The Balaban J connectivity index is 2.34. The van der Waals surface area contributed by atoms with E-state index in [2.05, 4.69) is 10.1 Å². The van der Waals surface area contributed by atoms with Crippen molar-refractivity contribution in [2.24, 2.45) is 0 Å². The monoisotopic (exact) mass is 312 g/mol. The lowest BCUT2D eigenvalue weighted by molar-refractivity contribution is -0.140. The number of carbonyl (C=O) groups is 2. The van der Waals surface area contributed by atoms with Gasteiger partial charge in [-0.25, -0.2) is 8.42 Å². The smallest absolute Gasteiger partial charge is 0.321 e. The van der Waals surface area contributed by atoms with Gasteiger partial charge in [0.05, 0.1) is 17.9 Å². The van der Waals surface area contributed by atoms with Crippen LogP contribution in [0.3, 0.4) is 0 Å². The van der Waals surface area contributed by atoms with Crippen LogP contribution in [0.2, 0.25) is 0 Å². The van der Waals surface area contributed by atoms with Gasteiger partial charge < -0.3 is 10.1 Å². The van der Waals surface area contributed by atoms with Gasteiger partial charge >= 0.3 is 5.97 Å². The average Bonchev–Trinajstić information content (AvgIpc) is 2.73. The number of rotatable bonds is 4. The molecule has 1 N–H and O–H groups in total. The van der Waals surface area contributed by atoms with Gasteiger partial charge in [-0.15, -0.1) is 0 Å². The first-order chi connectivity index (χ1) is 9.77. The Hall–Kier alpha value is -1.93. The van der Waals surface area contributed by atoms with Gasteiger partial charge in [0.25, 0.3) is 0 Å². The highest BCUT2D eigenvalue weighted by molar-refractivity contribution is 7.89. The molecule has 0 aliphatic carbocycles. The number of sulfonamides is 1. The molecule has 0 bridgehead atoms. The highest BCUT2D eigenvalue weighted by Crippen LogP contribution is 2.34. The Morgan fingerprint density at radius 3 is 2.71 bits per heavy atom. The van der Waals surface area contributed by atoms with E-state index in [1.165, 1.54) is 26.3 Å². The van der Waals surface area contributed by atoms with Crippen molar-refractivity contribution in [3.8, 4) is 0 Å². The molecular weight excluding hydrogens is 296 g/mol. The number of carbonyl (C=O) groups excluding carboxylic acids is 2. The zero-order chi connectivity index (χ0) is 15.8. The largest absolute Gasteiger partial charge is 0.468 e. The number of amides is 1. The minimum atomic E-state index is -3.81. The van der Waals surface area contributed by atoms with E-state index in [9.17, 15) is 18.0 Å². The summed E-state index contributed by atoms with van der Waals surface area (Å²) in [5, 5.41) is 2.67. The Morgan fingerprint density at radius 2 is 2.10 bits per heavy atom. The molecule has 1 aliphatic rings. The lowest BCUT2D eigenvalue weighted by atomic mass is 10.0. The van der Waals surface area contributed by atoms with Crippen molar-refractivity contribution in [3.63, 3.8) is 0 Å². The van der Waals surface area contributed by atoms with Gasteiger partial charge in [-0.1, -0.05) is 0 Å². The van der Waals surface area contributed by atoms with Crippen molar-refractivity contribution >= 4 is 27.6 Å². The molecule has 21 heavy (non-hydrogen) atoms. The summed E-state index contributed by atoms with van der Waals surface area (Å²) < 4.78 is 30.1. The third-order valence-corrected chi connectivity index (χ3v) is 5.23. The van der Waals surface area contributed by atoms with Crippen molar-refractivity contribution < 1.29 is 22.7 Å². The zero-order valence-corrected chi connectivity index (χ0v) is 12.7. The van der Waals surface area contributed by atoms with Crippen LogP contribution in [-0.4, -0.2) is 45.3 Å². The third kappa shape index (κ3) is 2.77. The molecule has 1 amide bonds. The van der Waals surface area contributed by atoms with Crippen LogP contribution in [0, 0.1) is 0 Å². The van der Waals surface area contributed by atoms with Crippen LogP contribution in [-0.2, 0) is 24.3 Å².